The van der Waals surface area contributed by atoms with Gasteiger partial charge in [0.05, 0.1) is 0 Å². The molecule has 1 saturated carbocycles. The highest BCUT2D eigenvalue weighted by Gasteiger charge is 2.37. The Kier molecular flexibility index (Phi) is 3.98. The van der Waals surface area contributed by atoms with E-state index >= 15 is 0 Å². The van der Waals surface area contributed by atoms with Crippen molar-refractivity contribution in [3.63, 3.8) is 0 Å². The van der Waals surface area contributed by atoms with Gasteiger partial charge in [-0.2, -0.15) is 0 Å². The third kappa shape index (κ3) is 3.90. The molecule has 1 unspecified atom stereocenters. The van der Waals surface area contributed by atoms with E-state index in [0.29, 0.717) is 13.0 Å². The molecule has 15 heavy (non-hydrogen) atoms. The molecule has 2 amide bonds. The number of carbonyl (C=O) groups is 2. The van der Waals surface area contributed by atoms with Gasteiger partial charge in [-0.1, -0.05) is 0 Å². The van der Waals surface area contributed by atoms with E-state index in [2.05, 4.69) is 16.6 Å². The van der Waals surface area contributed by atoms with Gasteiger partial charge in [0, 0.05) is 13.0 Å². The van der Waals surface area contributed by atoms with Crippen molar-refractivity contribution in [2.75, 3.05) is 6.54 Å². The molecule has 5 nitrogen and oxygen atoms in total. The molecule has 0 aliphatic heterocycles. The topological polar surface area (TPSA) is 78.4 Å². The van der Waals surface area contributed by atoms with Crippen molar-refractivity contribution < 1.29 is 14.7 Å². The fourth-order valence-corrected chi connectivity index (χ4v) is 1.25. The Bertz CT molecular complexity index is 292. The van der Waals surface area contributed by atoms with Gasteiger partial charge in [-0.25, -0.2) is 9.59 Å². The van der Waals surface area contributed by atoms with Gasteiger partial charge in [-0.05, 0) is 18.8 Å². The van der Waals surface area contributed by atoms with Crippen LogP contribution >= 0.6 is 0 Å². The number of carboxylic acid groups (broad SMARTS) is 1. The molecule has 0 aromatic heterocycles. The maximum Gasteiger partial charge on any atom is 0.326 e. The normalized spacial score (nSPS) is 16.2. The van der Waals surface area contributed by atoms with Crippen molar-refractivity contribution in [2.45, 2.75) is 25.3 Å². The quantitative estimate of drug-likeness (QED) is 0.447. The van der Waals surface area contributed by atoms with Crippen LogP contribution in [0.3, 0.4) is 0 Å². The maximum atomic E-state index is 11.2. The number of hydrogen-bond donors (Lipinski definition) is 3. The zero-order valence-corrected chi connectivity index (χ0v) is 8.32. The van der Waals surface area contributed by atoms with Crippen LogP contribution in [0.5, 0.6) is 0 Å². The number of urea groups is 1. The number of terminal acetylenes is 1. The van der Waals surface area contributed by atoms with Gasteiger partial charge in [0.2, 0.25) is 0 Å². The van der Waals surface area contributed by atoms with Crippen LogP contribution in [0, 0.1) is 18.3 Å². The zero-order chi connectivity index (χ0) is 11.3. The monoisotopic (exact) mass is 210 g/mol. The van der Waals surface area contributed by atoms with Crippen LogP contribution in [0.25, 0.3) is 0 Å². The Morgan fingerprint density at radius 1 is 1.53 bits per heavy atom. The first-order valence-electron chi connectivity index (χ1n) is 4.85. The fourth-order valence-electron chi connectivity index (χ4n) is 1.25. The first kappa shape index (κ1) is 11.4. The van der Waals surface area contributed by atoms with E-state index in [9.17, 15) is 9.59 Å². The lowest BCUT2D eigenvalue weighted by Crippen LogP contribution is -2.47. The lowest BCUT2D eigenvalue weighted by molar-refractivity contribution is -0.139. The van der Waals surface area contributed by atoms with Crippen LogP contribution in [0.1, 0.15) is 19.3 Å². The number of rotatable bonds is 5. The summed E-state index contributed by atoms with van der Waals surface area (Å²) in [6, 6.07) is -1.24. The largest absolute Gasteiger partial charge is 0.480 e. The molecule has 1 rings (SSSR count). The standard InChI is InChI=1S/C10H14N2O3/c1-2-3-6-11-10(15)12-8(9(13)14)7-4-5-7/h1,7-8H,3-6H2,(H,13,14)(H2,11,12,15). The summed E-state index contributed by atoms with van der Waals surface area (Å²) in [4.78, 5) is 22.0. The SMILES string of the molecule is C#CCCNC(=O)NC(C(=O)O)C1CC1. The summed E-state index contributed by atoms with van der Waals surface area (Å²) in [5.74, 6) is 1.48. The predicted molar refractivity (Wildman–Crippen MR) is 54.1 cm³/mol. The van der Waals surface area contributed by atoms with Crippen LogP contribution in [0.4, 0.5) is 4.79 Å². The summed E-state index contributed by atoms with van der Waals surface area (Å²) in [7, 11) is 0. The van der Waals surface area contributed by atoms with Crippen LogP contribution in [-0.2, 0) is 4.79 Å². The van der Waals surface area contributed by atoms with Gasteiger partial charge in [0.15, 0.2) is 0 Å². The first-order valence-corrected chi connectivity index (χ1v) is 4.85. The van der Waals surface area contributed by atoms with Gasteiger partial charge >= 0.3 is 12.0 Å². The van der Waals surface area contributed by atoms with Crippen molar-refractivity contribution in [3.05, 3.63) is 0 Å². The highest BCUT2D eigenvalue weighted by molar-refractivity contribution is 5.83. The molecule has 0 heterocycles. The first-order chi connectivity index (χ1) is 7.15. The summed E-state index contributed by atoms with van der Waals surface area (Å²) in [5, 5.41) is 13.7. The highest BCUT2D eigenvalue weighted by atomic mass is 16.4. The summed E-state index contributed by atoms with van der Waals surface area (Å²) >= 11 is 0. The second-order valence-electron chi connectivity index (χ2n) is 3.51. The average molecular weight is 210 g/mol. The number of carbonyl (C=O) groups excluding carboxylic acids is 1. The lowest BCUT2D eigenvalue weighted by Gasteiger charge is -2.13. The molecule has 82 valence electrons. The van der Waals surface area contributed by atoms with Crippen LogP contribution in [0.2, 0.25) is 0 Å². The molecule has 1 atom stereocenters. The molecular formula is C10H14N2O3. The van der Waals surface area contributed by atoms with Crippen molar-refractivity contribution in [2.24, 2.45) is 5.92 Å². The van der Waals surface area contributed by atoms with Crippen molar-refractivity contribution in [1.82, 2.24) is 10.6 Å². The molecule has 0 spiro atoms. The Hall–Kier alpha value is -1.70. The maximum absolute atomic E-state index is 11.2. The summed E-state index contributed by atoms with van der Waals surface area (Å²) in [6.45, 7) is 0.360. The lowest BCUT2D eigenvalue weighted by atomic mass is 10.2. The van der Waals surface area contributed by atoms with E-state index in [1.54, 1.807) is 0 Å². The number of amides is 2. The van der Waals surface area contributed by atoms with Gasteiger partial charge in [0.1, 0.15) is 6.04 Å². The van der Waals surface area contributed by atoms with E-state index in [0.717, 1.165) is 12.8 Å². The second-order valence-corrected chi connectivity index (χ2v) is 3.51. The number of aliphatic carboxylic acids is 1. The minimum absolute atomic E-state index is 0.0842. The third-order valence-corrected chi connectivity index (χ3v) is 2.20. The summed E-state index contributed by atoms with van der Waals surface area (Å²) in [5.41, 5.74) is 0. The Morgan fingerprint density at radius 2 is 2.20 bits per heavy atom. The van der Waals surface area contributed by atoms with E-state index < -0.39 is 18.0 Å². The van der Waals surface area contributed by atoms with Crippen molar-refractivity contribution in [1.29, 1.82) is 0 Å². The van der Waals surface area contributed by atoms with E-state index in [4.69, 9.17) is 11.5 Å². The van der Waals surface area contributed by atoms with Gasteiger partial charge in [0.25, 0.3) is 0 Å². The van der Waals surface area contributed by atoms with Crippen molar-refractivity contribution in [3.8, 4) is 12.3 Å². The Morgan fingerprint density at radius 3 is 2.67 bits per heavy atom. The average Bonchev–Trinajstić information content (AvgIpc) is 2.97. The minimum Gasteiger partial charge on any atom is -0.480 e. The van der Waals surface area contributed by atoms with Crippen LogP contribution in [0.15, 0.2) is 0 Å². The molecule has 0 radical (unpaired) electrons. The predicted octanol–water partition coefficient (Wildman–Crippen LogP) is 0.172. The van der Waals surface area contributed by atoms with Crippen LogP contribution in [-0.4, -0.2) is 29.7 Å². The van der Waals surface area contributed by atoms with E-state index in [1.165, 1.54) is 0 Å². The minimum atomic E-state index is -0.982. The smallest absolute Gasteiger partial charge is 0.326 e. The second kappa shape index (κ2) is 5.25. The molecule has 0 aromatic carbocycles. The van der Waals surface area contributed by atoms with Crippen LogP contribution < -0.4 is 10.6 Å². The molecule has 0 aromatic rings. The van der Waals surface area contributed by atoms with E-state index in [1.807, 2.05) is 0 Å². The Labute approximate surface area is 88.2 Å². The molecule has 0 saturated heterocycles. The molecule has 1 fully saturated rings. The summed E-state index contributed by atoms with van der Waals surface area (Å²) in [6.07, 6.45) is 7.17. The number of nitrogens with one attached hydrogen (secondary N) is 2. The molecule has 3 N–H and O–H groups in total. The molecule has 5 heteroatoms. The summed E-state index contributed by atoms with van der Waals surface area (Å²) < 4.78 is 0. The van der Waals surface area contributed by atoms with Crippen molar-refractivity contribution >= 4 is 12.0 Å². The number of carboxylic acids is 1. The highest BCUT2D eigenvalue weighted by Crippen LogP contribution is 2.32. The molecule has 1 aliphatic rings. The third-order valence-electron chi connectivity index (χ3n) is 2.20. The molecular weight excluding hydrogens is 196 g/mol. The molecule has 1 aliphatic carbocycles. The number of hydrogen-bond acceptors (Lipinski definition) is 2. The van der Waals surface area contributed by atoms with Gasteiger partial charge < -0.3 is 15.7 Å². The zero-order valence-electron chi connectivity index (χ0n) is 8.32. The Balaban J connectivity index is 2.28. The van der Waals surface area contributed by atoms with E-state index in [-0.39, 0.29) is 5.92 Å². The van der Waals surface area contributed by atoms with Gasteiger partial charge in [-0.15, -0.1) is 12.3 Å². The van der Waals surface area contributed by atoms with Gasteiger partial charge in [-0.3, -0.25) is 0 Å². The fraction of sp³-hybridized carbons (Fsp3) is 0.600. The molecule has 0 bridgehead atoms.